The van der Waals surface area contributed by atoms with E-state index in [0.717, 1.165) is 4.90 Å². The molecule has 0 heterocycles. The van der Waals surface area contributed by atoms with E-state index < -0.39 is 0 Å². The summed E-state index contributed by atoms with van der Waals surface area (Å²) in [5.74, 6) is 0. The number of nitrogens with one attached hydrogen (secondary N) is 1. The van der Waals surface area contributed by atoms with Crippen molar-refractivity contribution in [1.82, 2.24) is 0 Å². The fraction of sp³-hybridized carbons (Fsp3) is 1.00. The van der Waals surface area contributed by atoms with Crippen LogP contribution in [0.3, 0.4) is 0 Å². The first kappa shape index (κ1) is 12.3. The molecule has 0 atom stereocenters. The molecule has 0 bridgehead atoms. The van der Waals surface area contributed by atoms with Crippen molar-refractivity contribution >= 4 is 34.8 Å². The van der Waals surface area contributed by atoms with Gasteiger partial charge in [0.2, 0.25) is 0 Å². The molecule has 8 heavy (non-hydrogen) atoms. The predicted molar refractivity (Wildman–Crippen MR) is 33.1 cm³/mol. The normalized spacial score (nSPS) is 9.00. The Morgan fingerprint density at radius 1 is 0.875 bits per heavy atom. The van der Waals surface area contributed by atoms with E-state index in [9.17, 15) is 0 Å². The maximum Gasteiger partial charge on any atom is 0.155 e. The Kier molecular flexibility index (Phi) is 13.1. The summed E-state index contributed by atoms with van der Waals surface area (Å²) in [6.45, 7) is 0. The molecule has 0 aliphatic rings. The van der Waals surface area contributed by atoms with Crippen LogP contribution in [0.2, 0.25) is 0 Å². The molecule has 0 aromatic heterocycles. The molecule has 0 unspecified atom stereocenters. The van der Waals surface area contributed by atoms with Crippen LogP contribution in [-0.4, -0.2) is 18.0 Å². The topological polar surface area (TPSA) is 4.44 Å². The third kappa shape index (κ3) is 5.69. The predicted octanol–water partition coefficient (Wildman–Crippen LogP) is -2.54. The van der Waals surface area contributed by atoms with Crippen LogP contribution in [0.4, 0.5) is 0 Å². The van der Waals surface area contributed by atoms with Crippen LogP contribution in [0.5, 0.6) is 0 Å². The Morgan fingerprint density at radius 2 is 1.12 bits per heavy atom. The van der Waals surface area contributed by atoms with Gasteiger partial charge in [0.1, 0.15) is 0 Å². The Bertz CT molecular complexity index is 36.0. The minimum Gasteiger partial charge on any atom is -1.00 e. The fourth-order valence-corrected chi connectivity index (χ4v) is 0.964. The lowest BCUT2D eigenvalue weighted by Gasteiger charge is -2.05. The SMILES string of the molecule is ClC[NH+](CCl)CCl.[I-]. The lowest BCUT2D eigenvalue weighted by molar-refractivity contribution is -0.864. The molecule has 1 N–H and O–H groups in total. The molecule has 52 valence electrons. The number of rotatable bonds is 3. The third-order valence-corrected chi connectivity index (χ3v) is 1.70. The highest BCUT2D eigenvalue weighted by Crippen LogP contribution is 1.66. The van der Waals surface area contributed by atoms with E-state index in [-0.39, 0.29) is 24.0 Å². The average Bonchev–Trinajstić information content (AvgIpc) is 1.72. The van der Waals surface area contributed by atoms with Gasteiger partial charge in [-0.15, -0.1) is 0 Å². The molecule has 0 amide bonds. The van der Waals surface area contributed by atoms with Gasteiger partial charge in [0.25, 0.3) is 0 Å². The van der Waals surface area contributed by atoms with Gasteiger partial charge in [-0.1, -0.05) is 34.8 Å². The Hall–Kier alpha value is 1.56. The number of alkyl halides is 3. The summed E-state index contributed by atoms with van der Waals surface area (Å²) >= 11 is 16.1. The van der Waals surface area contributed by atoms with E-state index >= 15 is 0 Å². The van der Waals surface area contributed by atoms with E-state index in [0.29, 0.717) is 18.0 Å². The van der Waals surface area contributed by atoms with Crippen LogP contribution in [0.25, 0.3) is 0 Å². The van der Waals surface area contributed by atoms with Crippen molar-refractivity contribution in [1.29, 1.82) is 0 Å². The second-order valence-corrected chi connectivity index (χ2v) is 1.95. The van der Waals surface area contributed by atoms with Gasteiger partial charge in [-0.05, 0) is 0 Å². The van der Waals surface area contributed by atoms with Crippen molar-refractivity contribution in [2.24, 2.45) is 0 Å². The minimum atomic E-state index is 0. The standard InChI is InChI=1S/C3H6Cl3N.HI/c4-1-7(2-5)3-6;/h1-3H2;1H. The van der Waals surface area contributed by atoms with E-state index in [4.69, 9.17) is 34.8 Å². The number of hydrogen-bond donors (Lipinski definition) is 1. The van der Waals surface area contributed by atoms with Crippen LogP contribution in [0, 0.1) is 0 Å². The second-order valence-electron chi connectivity index (χ2n) is 1.15. The van der Waals surface area contributed by atoms with Crippen LogP contribution >= 0.6 is 34.8 Å². The number of halogens is 4. The van der Waals surface area contributed by atoms with Gasteiger partial charge in [-0.3, -0.25) is 4.90 Å². The Morgan fingerprint density at radius 3 is 1.12 bits per heavy atom. The quantitative estimate of drug-likeness (QED) is 0.332. The van der Waals surface area contributed by atoms with Gasteiger partial charge in [0, 0.05) is 0 Å². The molecule has 0 aromatic carbocycles. The van der Waals surface area contributed by atoms with Crippen molar-refractivity contribution in [3.63, 3.8) is 0 Å². The largest absolute Gasteiger partial charge is 1.00 e. The number of quaternary nitrogens is 1. The molecule has 0 aliphatic carbocycles. The lowest BCUT2D eigenvalue weighted by atomic mass is 11.0. The van der Waals surface area contributed by atoms with Crippen molar-refractivity contribution < 1.29 is 28.9 Å². The molecule has 5 heteroatoms. The van der Waals surface area contributed by atoms with Crippen molar-refractivity contribution in [3.05, 3.63) is 0 Å². The second kappa shape index (κ2) is 8.56. The summed E-state index contributed by atoms with van der Waals surface area (Å²) in [5, 5.41) is 0. The first-order chi connectivity index (χ1) is 3.35. The first-order valence-electron chi connectivity index (χ1n) is 1.86. The zero-order valence-electron chi connectivity index (χ0n) is 4.13. The van der Waals surface area contributed by atoms with Gasteiger partial charge < -0.3 is 24.0 Å². The van der Waals surface area contributed by atoms with Gasteiger partial charge in [-0.25, -0.2) is 0 Å². The summed E-state index contributed by atoms with van der Waals surface area (Å²) in [4.78, 5) is 0.977. The Labute approximate surface area is 81.3 Å². The molecule has 0 saturated heterocycles. The van der Waals surface area contributed by atoms with Crippen molar-refractivity contribution in [2.75, 3.05) is 18.0 Å². The molecule has 0 fully saturated rings. The summed E-state index contributed by atoms with van der Waals surface area (Å²) in [6, 6.07) is 1.44. The summed E-state index contributed by atoms with van der Waals surface area (Å²) in [7, 11) is 0. The maximum atomic E-state index is 5.36. The van der Waals surface area contributed by atoms with E-state index in [1.54, 1.807) is 0 Å². The highest BCUT2D eigenvalue weighted by atomic mass is 127. The highest BCUT2D eigenvalue weighted by Gasteiger charge is 1.97. The molecule has 0 rings (SSSR count). The van der Waals surface area contributed by atoms with Gasteiger partial charge >= 0.3 is 0 Å². The minimum absolute atomic E-state index is 0. The van der Waals surface area contributed by atoms with Gasteiger partial charge in [0.15, 0.2) is 18.0 Å². The molecule has 0 aliphatic heterocycles. The lowest BCUT2D eigenvalue weighted by Crippen LogP contribution is -3.09. The smallest absolute Gasteiger partial charge is 0.155 e. The van der Waals surface area contributed by atoms with E-state index in [1.807, 2.05) is 0 Å². The molecule has 0 radical (unpaired) electrons. The van der Waals surface area contributed by atoms with E-state index in [2.05, 4.69) is 0 Å². The van der Waals surface area contributed by atoms with Crippen molar-refractivity contribution in [2.45, 2.75) is 0 Å². The van der Waals surface area contributed by atoms with Crippen LogP contribution in [-0.2, 0) is 0 Å². The summed E-state index contributed by atoms with van der Waals surface area (Å²) < 4.78 is 0. The van der Waals surface area contributed by atoms with Crippen LogP contribution in [0.15, 0.2) is 0 Å². The summed E-state index contributed by atoms with van der Waals surface area (Å²) in [6.07, 6.45) is 0. The molecule has 1 nitrogen and oxygen atoms in total. The third-order valence-electron chi connectivity index (χ3n) is 0.567. The number of hydrogen-bond acceptors (Lipinski definition) is 0. The Balaban J connectivity index is 0. The molecule has 0 saturated carbocycles. The average molecular weight is 290 g/mol. The van der Waals surface area contributed by atoms with Crippen LogP contribution < -0.4 is 28.9 Å². The highest BCUT2D eigenvalue weighted by molar-refractivity contribution is 6.20. The molecular weight excluding hydrogens is 283 g/mol. The van der Waals surface area contributed by atoms with Gasteiger partial charge in [0.05, 0.1) is 0 Å². The molecule has 0 aromatic rings. The zero-order chi connectivity index (χ0) is 5.70. The fourth-order valence-electron chi connectivity index (χ4n) is 0.107. The van der Waals surface area contributed by atoms with E-state index in [1.165, 1.54) is 0 Å². The molecule has 0 spiro atoms. The van der Waals surface area contributed by atoms with Crippen molar-refractivity contribution in [3.8, 4) is 0 Å². The van der Waals surface area contributed by atoms with Gasteiger partial charge in [-0.2, -0.15) is 0 Å². The molecular formula is C3H7Cl3IN. The first-order valence-corrected chi connectivity index (χ1v) is 3.47. The maximum absolute atomic E-state index is 5.36. The monoisotopic (exact) mass is 289 g/mol. The zero-order valence-corrected chi connectivity index (χ0v) is 8.56. The van der Waals surface area contributed by atoms with Crippen LogP contribution in [0.1, 0.15) is 0 Å². The summed E-state index contributed by atoms with van der Waals surface area (Å²) in [5.41, 5.74) is 0.